The van der Waals surface area contributed by atoms with Gasteiger partial charge in [0.15, 0.2) is 0 Å². The van der Waals surface area contributed by atoms with Gasteiger partial charge in [-0.25, -0.2) is 0 Å². The number of nitroso groups, excluding NO2 is 1. The molecule has 0 aliphatic heterocycles. The van der Waals surface area contributed by atoms with Crippen LogP contribution in [0.2, 0.25) is 0 Å². The van der Waals surface area contributed by atoms with Gasteiger partial charge in [0.05, 0.1) is 0 Å². The molecule has 4 heteroatoms. The molecule has 1 aliphatic rings. The van der Waals surface area contributed by atoms with Crippen LogP contribution in [0.5, 0.6) is 0 Å². The van der Waals surface area contributed by atoms with Crippen molar-refractivity contribution in [3.8, 4) is 0 Å². The van der Waals surface area contributed by atoms with E-state index < -0.39 is 0 Å². The van der Waals surface area contributed by atoms with Crippen molar-refractivity contribution in [1.82, 2.24) is 4.98 Å². The monoisotopic (exact) mass is 214 g/mol. The lowest BCUT2D eigenvalue weighted by molar-refractivity contribution is 1.10. The van der Waals surface area contributed by atoms with Gasteiger partial charge in [-0.05, 0) is 47.0 Å². The number of nitrogens with one attached hydrogen (secondary N) is 1. The van der Waals surface area contributed by atoms with Gasteiger partial charge in [0.1, 0.15) is 5.69 Å². The van der Waals surface area contributed by atoms with E-state index in [0.717, 1.165) is 5.39 Å². The standard InChI is InChI=1S/C12H10N2O2/c15-12-10-5-8(14-16)3-4-9(10)11(6-13-12)7-1-2-7/h3-7H,1-2H2,(H,13,15). The maximum atomic E-state index is 11.6. The SMILES string of the molecule is O=Nc1ccc2c(C3CC3)c[nH]c(=O)c2c1. The van der Waals surface area contributed by atoms with Crippen LogP contribution in [0.25, 0.3) is 10.8 Å². The number of hydrogen-bond acceptors (Lipinski definition) is 3. The molecule has 1 aromatic carbocycles. The molecule has 2 aromatic rings. The summed E-state index contributed by atoms with van der Waals surface area (Å²) in [4.78, 5) is 24.8. The van der Waals surface area contributed by atoms with Gasteiger partial charge in [0.25, 0.3) is 5.56 Å². The fraction of sp³-hybridized carbons (Fsp3) is 0.250. The molecule has 0 bridgehead atoms. The van der Waals surface area contributed by atoms with Crippen molar-refractivity contribution in [1.29, 1.82) is 0 Å². The molecule has 0 saturated heterocycles. The molecule has 1 fully saturated rings. The highest BCUT2D eigenvalue weighted by molar-refractivity contribution is 5.87. The van der Waals surface area contributed by atoms with Gasteiger partial charge in [-0.2, -0.15) is 0 Å². The summed E-state index contributed by atoms with van der Waals surface area (Å²) < 4.78 is 0. The van der Waals surface area contributed by atoms with Crippen LogP contribution in [0.1, 0.15) is 24.3 Å². The highest BCUT2D eigenvalue weighted by Gasteiger charge is 2.25. The minimum absolute atomic E-state index is 0.162. The Hall–Kier alpha value is -1.97. The summed E-state index contributed by atoms with van der Waals surface area (Å²) in [6, 6.07) is 5.02. The van der Waals surface area contributed by atoms with Gasteiger partial charge in [-0.15, -0.1) is 4.91 Å². The summed E-state index contributed by atoms with van der Waals surface area (Å²) in [6.45, 7) is 0. The molecule has 1 N–H and O–H groups in total. The number of aromatic amines is 1. The van der Waals surface area contributed by atoms with Crippen LogP contribution in [0, 0.1) is 4.91 Å². The molecule has 80 valence electrons. The summed E-state index contributed by atoms with van der Waals surface area (Å²) in [5.74, 6) is 0.564. The number of aromatic nitrogens is 1. The van der Waals surface area contributed by atoms with E-state index in [1.807, 2.05) is 6.07 Å². The summed E-state index contributed by atoms with van der Waals surface area (Å²) >= 11 is 0. The van der Waals surface area contributed by atoms with Crippen molar-refractivity contribution in [3.05, 3.63) is 45.2 Å². The molecule has 1 heterocycles. The van der Waals surface area contributed by atoms with Crippen LogP contribution in [0.4, 0.5) is 5.69 Å². The Labute approximate surface area is 91.3 Å². The van der Waals surface area contributed by atoms with E-state index in [1.54, 1.807) is 18.3 Å². The van der Waals surface area contributed by atoms with Gasteiger partial charge < -0.3 is 4.98 Å². The summed E-state index contributed by atoms with van der Waals surface area (Å²) in [5.41, 5.74) is 1.31. The third-order valence-corrected chi connectivity index (χ3v) is 3.04. The third kappa shape index (κ3) is 1.34. The molecule has 0 amide bonds. The fourth-order valence-corrected chi connectivity index (χ4v) is 2.06. The minimum atomic E-state index is -0.162. The number of rotatable bonds is 2. The molecule has 16 heavy (non-hydrogen) atoms. The Bertz CT molecular complexity index is 626. The van der Waals surface area contributed by atoms with E-state index in [0.29, 0.717) is 17.0 Å². The molecule has 4 nitrogen and oxygen atoms in total. The molecule has 1 saturated carbocycles. The van der Waals surface area contributed by atoms with Gasteiger partial charge in [0, 0.05) is 11.6 Å². The number of benzene rings is 1. The Kier molecular flexibility index (Phi) is 1.89. The number of pyridine rings is 1. The maximum Gasteiger partial charge on any atom is 0.255 e. The lowest BCUT2D eigenvalue weighted by Crippen LogP contribution is -2.06. The molecule has 0 unspecified atom stereocenters. The van der Waals surface area contributed by atoms with Gasteiger partial charge in [-0.1, -0.05) is 6.07 Å². The Balaban J connectivity index is 2.36. The van der Waals surface area contributed by atoms with E-state index in [4.69, 9.17) is 0 Å². The van der Waals surface area contributed by atoms with Crippen LogP contribution in [-0.4, -0.2) is 4.98 Å². The molecule has 1 aromatic heterocycles. The predicted molar refractivity (Wildman–Crippen MR) is 62.0 cm³/mol. The predicted octanol–water partition coefficient (Wildman–Crippen LogP) is 2.80. The summed E-state index contributed by atoms with van der Waals surface area (Å²) in [6.07, 6.45) is 4.14. The Morgan fingerprint density at radius 3 is 2.75 bits per heavy atom. The number of nitrogens with zero attached hydrogens (tertiary/aromatic N) is 1. The lowest BCUT2D eigenvalue weighted by Gasteiger charge is -2.04. The minimum Gasteiger partial charge on any atom is -0.328 e. The van der Waals surface area contributed by atoms with Crippen molar-refractivity contribution in [2.45, 2.75) is 18.8 Å². The Morgan fingerprint density at radius 1 is 1.25 bits per heavy atom. The van der Waals surface area contributed by atoms with E-state index in [-0.39, 0.29) is 5.56 Å². The number of H-pyrrole nitrogens is 1. The Morgan fingerprint density at radius 2 is 2.06 bits per heavy atom. The van der Waals surface area contributed by atoms with E-state index in [9.17, 15) is 9.70 Å². The van der Waals surface area contributed by atoms with Crippen molar-refractivity contribution in [2.75, 3.05) is 0 Å². The summed E-state index contributed by atoms with van der Waals surface area (Å²) in [5, 5.41) is 4.35. The second-order valence-corrected chi connectivity index (χ2v) is 4.17. The zero-order valence-corrected chi connectivity index (χ0v) is 8.56. The topological polar surface area (TPSA) is 62.3 Å². The van der Waals surface area contributed by atoms with Crippen molar-refractivity contribution in [3.63, 3.8) is 0 Å². The summed E-state index contributed by atoms with van der Waals surface area (Å²) in [7, 11) is 0. The maximum absolute atomic E-state index is 11.6. The molecular weight excluding hydrogens is 204 g/mol. The number of hydrogen-bond donors (Lipinski definition) is 1. The highest BCUT2D eigenvalue weighted by Crippen LogP contribution is 2.42. The highest BCUT2D eigenvalue weighted by atomic mass is 16.3. The normalized spacial score (nSPS) is 15.2. The van der Waals surface area contributed by atoms with Crippen LogP contribution >= 0.6 is 0 Å². The largest absolute Gasteiger partial charge is 0.328 e. The number of fused-ring (bicyclic) bond motifs is 1. The van der Waals surface area contributed by atoms with E-state index in [2.05, 4.69) is 10.2 Å². The second-order valence-electron chi connectivity index (χ2n) is 4.17. The third-order valence-electron chi connectivity index (χ3n) is 3.04. The first kappa shape index (κ1) is 9.27. The molecule has 0 spiro atoms. The van der Waals surface area contributed by atoms with E-state index in [1.165, 1.54) is 18.4 Å². The van der Waals surface area contributed by atoms with E-state index >= 15 is 0 Å². The van der Waals surface area contributed by atoms with Crippen LogP contribution in [0.3, 0.4) is 0 Å². The first-order valence-electron chi connectivity index (χ1n) is 5.28. The van der Waals surface area contributed by atoms with Gasteiger partial charge >= 0.3 is 0 Å². The second kappa shape index (κ2) is 3.27. The molecule has 3 rings (SSSR count). The van der Waals surface area contributed by atoms with Crippen LogP contribution in [0.15, 0.2) is 34.4 Å². The zero-order valence-electron chi connectivity index (χ0n) is 8.56. The average Bonchev–Trinajstić information content (AvgIpc) is 3.13. The lowest BCUT2D eigenvalue weighted by atomic mass is 10.0. The van der Waals surface area contributed by atoms with Crippen LogP contribution < -0.4 is 5.56 Å². The molecule has 1 aliphatic carbocycles. The van der Waals surface area contributed by atoms with Crippen LogP contribution in [-0.2, 0) is 0 Å². The van der Waals surface area contributed by atoms with Gasteiger partial charge in [-0.3, -0.25) is 4.79 Å². The van der Waals surface area contributed by atoms with Gasteiger partial charge in [0.2, 0.25) is 0 Å². The molecular formula is C12H10N2O2. The first-order chi connectivity index (χ1) is 7.79. The van der Waals surface area contributed by atoms with Crippen molar-refractivity contribution < 1.29 is 0 Å². The quantitative estimate of drug-likeness (QED) is 0.781. The molecule has 0 atom stereocenters. The molecule has 0 radical (unpaired) electrons. The first-order valence-corrected chi connectivity index (χ1v) is 5.28. The smallest absolute Gasteiger partial charge is 0.255 e. The zero-order chi connectivity index (χ0) is 11.1. The fourth-order valence-electron chi connectivity index (χ4n) is 2.06. The van der Waals surface area contributed by atoms with Crippen molar-refractivity contribution >= 4 is 16.5 Å². The average molecular weight is 214 g/mol. The van der Waals surface area contributed by atoms with Crippen molar-refractivity contribution in [2.24, 2.45) is 5.18 Å².